The summed E-state index contributed by atoms with van der Waals surface area (Å²) in [5.41, 5.74) is -0.177. The third-order valence-corrected chi connectivity index (χ3v) is 2.35. The summed E-state index contributed by atoms with van der Waals surface area (Å²) in [4.78, 5) is 21.7. The van der Waals surface area contributed by atoms with Gasteiger partial charge in [0.05, 0.1) is 11.1 Å². The van der Waals surface area contributed by atoms with E-state index in [1.54, 1.807) is 0 Å². The molecule has 0 aliphatic carbocycles. The second-order valence-corrected chi connectivity index (χ2v) is 3.47. The fourth-order valence-electron chi connectivity index (χ4n) is 1.41. The van der Waals surface area contributed by atoms with Gasteiger partial charge in [0.15, 0.2) is 0 Å². The van der Waals surface area contributed by atoms with E-state index in [4.69, 9.17) is 10.2 Å². The Hall–Kier alpha value is -1.91. The van der Waals surface area contributed by atoms with Crippen molar-refractivity contribution < 1.29 is 24.2 Å². The zero-order chi connectivity index (χ0) is 12.5. The first-order valence-electron chi connectivity index (χ1n) is 4.59. The van der Waals surface area contributed by atoms with Crippen LogP contribution in [0.3, 0.4) is 0 Å². The molecule has 0 spiro atoms. The van der Waals surface area contributed by atoms with Crippen LogP contribution in [-0.4, -0.2) is 22.2 Å². The predicted octanol–water partition coefficient (Wildman–Crippen LogP) is 2.42. The molecule has 0 aromatic heterocycles. The molecule has 2 N–H and O–H groups in total. The van der Waals surface area contributed by atoms with Gasteiger partial charge in [0.1, 0.15) is 6.17 Å². The van der Waals surface area contributed by atoms with Gasteiger partial charge in [-0.1, -0.05) is 0 Å². The fraction of sp³-hybridized carbons (Fsp3) is 0.273. The number of carboxylic acids is 2. The first kappa shape index (κ1) is 12.2. The van der Waals surface area contributed by atoms with Gasteiger partial charge in [-0.2, -0.15) is 0 Å². The first-order valence-corrected chi connectivity index (χ1v) is 4.59. The van der Waals surface area contributed by atoms with Crippen molar-refractivity contribution in [2.45, 2.75) is 20.0 Å². The Morgan fingerprint density at radius 1 is 1.19 bits per heavy atom. The highest BCUT2D eigenvalue weighted by molar-refractivity contribution is 5.96. The Morgan fingerprint density at radius 3 is 1.81 bits per heavy atom. The monoisotopic (exact) mass is 226 g/mol. The van der Waals surface area contributed by atoms with Crippen LogP contribution in [-0.2, 0) is 0 Å². The normalized spacial score (nSPS) is 12.2. The average molecular weight is 226 g/mol. The third-order valence-electron chi connectivity index (χ3n) is 2.35. The first-order chi connectivity index (χ1) is 7.34. The van der Waals surface area contributed by atoms with E-state index in [0.717, 1.165) is 12.1 Å². The lowest BCUT2D eigenvalue weighted by atomic mass is 9.97. The zero-order valence-electron chi connectivity index (χ0n) is 8.82. The summed E-state index contributed by atoms with van der Waals surface area (Å²) in [6, 6.07) is 2.32. The van der Waals surface area contributed by atoms with E-state index in [0.29, 0.717) is 0 Å². The number of hydrogen-bond acceptors (Lipinski definition) is 2. The number of benzene rings is 1. The van der Waals surface area contributed by atoms with Crippen LogP contribution in [0, 0.1) is 6.92 Å². The molecule has 5 heteroatoms. The van der Waals surface area contributed by atoms with Crippen LogP contribution < -0.4 is 0 Å². The van der Waals surface area contributed by atoms with Gasteiger partial charge in [-0.25, -0.2) is 14.0 Å². The summed E-state index contributed by atoms with van der Waals surface area (Å²) in [6.45, 7) is 2.61. The van der Waals surface area contributed by atoms with Crippen LogP contribution in [0.25, 0.3) is 0 Å². The molecule has 1 aromatic rings. The minimum atomic E-state index is -1.41. The van der Waals surface area contributed by atoms with Crippen molar-refractivity contribution in [2.24, 2.45) is 0 Å². The molecule has 1 unspecified atom stereocenters. The molecule has 1 rings (SSSR count). The molecule has 0 fully saturated rings. The molecule has 0 saturated carbocycles. The smallest absolute Gasteiger partial charge is 0.335 e. The Morgan fingerprint density at radius 2 is 1.56 bits per heavy atom. The van der Waals surface area contributed by atoms with Crippen molar-refractivity contribution in [1.82, 2.24) is 0 Å². The number of hydrogen-bond donors (Lipinski definition) is 2. The summed E-state index contributed by atoms with van der Waals surface area (Å²) in [6.07, 6.45) is -1.41. The highest BCUT2D eigenvalue weighted by Gasteiger charge is 2.18. The highest BCUT2D eigenvalue weighted by Crippen LogP contribution is 2.23. The molecule has 0 aliphatic heterocycles. The Balaban J connectivity index is 3.51. The standard InChI is InChI=1S/C11H11FO4/c1-5-8(10(13)14)3-7(6(2)12)4-9(5)11(15)16/h3-4,6H,1-2H3,(H,13,14)(H,15,16). The van der Waals surface area contributed by atoms with Crippen LogP contribution >= 0.6 is 0 Å². The number of halogens is 1. The van der Waals surface area contributed by atoms with Gasteiger partial charge in [0.2, 0.25) is 0 Å². The Labute approximate surface area is 91.3 Å². The molecule has 0 amide bonds. The molecule has 0 bridgehead atoms. The lowest BCUT2D eigenvalue weighted by Crippen LogP contribution is -2.09. The van der Waals surface area contributed by atoms with Crippen molar-refractivity contribution in [1.29, 1.82) is 0 Å². The number of rotatable bonds is 3. The SMILES string of the molecule is Cc1c(C(=O)O)cc(C(C)F)cc1C(=O)O. The highest BCUT2D eigenvalue weighted by atomic mass is 19.1. The number of aromatic carboxylic acids is 2. The quantitative estimate of drug-likeness (QED) is 0.829. The molecule has 4 nitrogen and oxygen atoms in total. The lowest BCUT2D eigenvalue weighted by molar-refractivity contribution is 0.0696. The molecule has 16 heavy (non-hydrogen) atoms. The largest absolute Gasteiger partial charge is 0.478 e. The van der Waals surface area contributed by atoms with Gasteiger partial charge >= 0.3 is 11.9 Å². The van der Waals surface area contributed by atoms with Crippen LogP contribution in [0.1, 0.15) is 44.9 Å². The molecular formula is C11H11FO4. The van der Waals surface area contributed by atoms with E-state index in [9.17, 15) is 14.0 Å². The molecule has 0 radical (unpaired) electrons. The maximum atomic E-state index is 13.1. The number of carboxylic acid groups (broad SMARTS) is 2. The summed E-state index contributed by atoms with van der Waals surface area (Å²) in [7, 11) is 0. The van der Waals surface area contributed by atoms with Crippen molar-refractivity contribution in [2.75, 3.05) is 0 Å². The van der Waals surface area contributed by atoms with Crippen molar-refractivity contribution in [3.05, 3.63) is 34.4 Å². The van der Waals surface area contributed by atoms with Crippen molar-refractivity contribution >= 4 is 11.9 Å². The van der Waals surface area contributed by atoms with Crippen LogP contribution in [0.5, 0.6) is 0 Å². The van der Waals surface area contributed by atoms with E-state index in [1.165, 1.54) is 13.8 Å². The topological polar surface area (TPSA) is 74.6 Å². The van der Waals surface area contributed by atoms with Crippen molar-refractivity contribution in [3.8, 4) is 0 Å². The maximum Gasteiger partial charge on any atom is 0.335 e. The summed E-state index contributed by atoms with van der Waals surface area (Å²) in [5.74, 6) is -2.52. The van der Waals surface area contributed by atoms with E-state index in [1.807, 2.05) is 0 Å². The van der Waals surface area contributed by atoms with Crippen LogP contribution in [0.4, 0.5) is 4.39 Å². The molecule has 0 aliphatic rings. The summed E-state index contributed by atoms with van der Waals surface area (Å²) >= 11 is 0. The van der Waals surface area contributed by atoms with Gasteiger partial charge < -0.3 is 10.2 Å². The molecule has 0 saturated heterocycles. The summed E-state index contributed by atoms with van der Waals surface area (Å²) < 4.78 is 13.1. The number of carbonyl (C=O) groups is 2. The summed E-state index contributed by atoms with van der Waals surface area (Å²) in [5, 5.41) is 17.7. The average Bonchev–Trinajstić information content (AvgIpc) is 2.16. The molecule has 86 valence electrons. The van der Waals surface area contributed by atoms with E-state index >= 15 is 0 Å². The van der Waals surface area contributed by atoms with Gasteiger partial charge in [-0.15, -0.1) is 0 Å². The zero-order valence-corrected chi connectivity index (χ0v) is 8.82. The van der Waals surface area contributed by atoms with Crippen LogP contribution in [0.2, 0.25) is 0 Å². The molecular weight excluding hydrogens is 215 g/mol. The Bertz CT molecular complexity index is 416. The van der Waals surface area contributed by atoms with E-state index < -0.39 is 18.1 Å². The maximum absolute atomic E-state index is 13.1. The lowest BCUT2D eigenvalue weighted by Gasteiger charge is -2.10. The number of alkyl halides is 1. The molecule has 1 atom stereocenters. The van der Waals surface area contributed by atoms with Gasteiger partial charge in [-0.3, -0.25) is 0 Å². The van der Waals surface area contributed by atoms with Gasteiger partial charge in [0, 0.05) is 0 Å². The van der Waals surface area contributed by atoms with E-state index in [2.05, 4.69) is 0 Å². The molecule has 0 heterocycles. The van der Waals surface area contributed by atoms with Crippen molar-refractivity contribution in [3.63, 3.8) is 0 Å². The van der Waals surface area contributed by atoms with Crippen LogP contribution in [0.15, 0.2) is 12.1 Å². The minimum Gasteiger partial charge on any atom is -0.478 e. The van der Waals surface area contributed by atoms with E-state index in [-0.39, 0.29) is 22.3 Å². The second-order valence-electron chi connectivity index (χ2n) is 3.47. The second kappa shape index (κ2) is 4.30. The minimum absolute atomic E-state index is 0.0559. The van der Waals surface area contributed by atoms with Gasteiger partial charge in [0.25, 0.3) is 0 Å². The van der Waals surface area contributed by atoms with Gasteiger partial charge in [-0.05, 0) is 37.1 Å². The predicted molar refractivity (Wildman–Crippen MR) is 54.6 cm³/mol. The molecule has 1 aromatic carbocycles. The fourth-order valence-corrected chi connectivity index (χ4v) is 1.41. The third kappa shape index (κ3) is 2.18. The Kier molecular flexibility index (Phi) is 3.27.